The summed E-state index contributed by atoms with van der Waals surface area (Å²) >= 11 is 0. The molecule has 0 bridgehead atoms. The number of fused-ring (bicyclic) bond motifs is 1. The minimum atomic E-state index is 0.105. The standard InChI is InChI=1S/C14H20O2.C6H4/c1-5-16-14(10-11(2)3)12-6-8-13(15-4)9-7-12;1-2-6-4-3-5(1)6/h6-9,14H,2,5,10H2,1,3-4H3;1-4H. The van der Waals surface area contributed by atoms with E-state index in [0.717, 1.165) is 17.7 Å². The first-order valence-corrected chi connectivity index (χ1v) is 7.64. The fourth-order valence-electron chi connectivity index (χ4n) is 2.27. The Morgan fingerprint density at radius 3 is 1.86 bits per heavy atom. The average molecular weight is 296 g/mol. The third kappa shape index (κ3) is 4.22. The Bertz CT molecular complexity index is 576. The summed E-state index contributed by atoms with van der Waals surface area (Å²) in [7, 11) is 1.67. The van der Waals surface area contributed by atoms with Gasteiger partial charge < -0.3 is 9.47 Å². The van der Waals surface area contributed by atoms with Crippen molar-refractivity contribution in [1.29, 1.82) is 0 Å². The molecule has 0 saturated carbocycles. The Hall–Kier alpha value is -2.06. The molecule has 1 unspecified atom stereocenters. The second-order valence-corrected chi connectivity index (χ2v) is 5.46. The molecule has 0 spiro atoms. The molecular weight excluding hydrogens is 272 g/mol. The zero-order valence-electron chi connectivity index (χ0n) is 13.6. The normalized spacial score (nSPS) is 12.0. The quantitative estimate of drug-likeness (QED) is 0.566. The molecule has 0 N–H and O–H groups in total. The first-order valence-electron chi connectivity index (χ1n) is 7.64. The summed E-state index contributed by atoms with van der Waals surface area (Å²) in [4.78, 5) is 0. The fraction of sp³-hybridized carbons (Fsp3) is 0.300. The van der Waals surface area contributed by atoms with E-state index in [-0.39, 0.29) is 6.10 Å². The van der Waals surface area contributed by atoms with Crippen molar-refractivity contribution in [3.63, 3.8) is 0 Å². The van der Waals surface area contributed by atoms with E-state index in [0.29, 0.717) is 6.61 Å². The van der Waals surface area contributed by atoms with Crippen LogP contribution in [0.15, 0.2) is 60.7 Å². The van der Waals surface area contributed by atoms with E-state index in [1.54, 1.807) is 7.11 Å². The first kappa shape index (κ1) is 16.3. The number of ether oxygens (including phenoxy) is 2. The summed E-state index contributed by atoms with van der Waals surface area (Å²) in [5, 5.41) is 0. The van der Waals surface area contributed by atoms with Gasteiger partial charge in [-0.1, -0.05) is 42.0 Å². The highest BCUT2D eigenvalue weighted by Gasteiger charge is 2.11. The number of benzene rings is 2. The molecule has 0 amide bonds. The van der Waals surface area contributed by atoms with Gasteiger partial charge in [-0.15, -0.1) is 6.58 Å². The molecular formula is C20H24O2. The lowest BCUT2D eigenvalue weighted by Gasteiger charge is -2.17. The van der Waals surface area contributed by atoms with Crippen molar-refractivity contribution in [3.05, 3.63) is 66.2 Å². The van der Waals surface area contributed by atoms with Gasteiger partial charge in [-0.2, -0.15) is 0 Å². The number of hydrogen-bond donors (Lipinski definition) is 0. The molecule has 3 rings (SSSR count). The van der Waals surface area contributed by atoms with E-state index in [4.69, 9.17) is 9.47 Å². The molecule has 0 radical (unpaired) electrons. The average Bonchev–Trinajstić information content (AvgIpc) is 2.51. The Morgan fingerprint density at radius 2 is 1.55 bits per heavy atom. The van der Waals surface area contributed by atoms with Gasteiger partial charge >= 0.3 is 0 Å². The second-order valence-electron chi connectivity index (χ2n) is 5.46. The minimum absolute atomic E-state index is 0.105. The Labute approximate surface area is 133 Å². The van der Waals surface area contributed by atoms with Crippen LogP contribution in [0.1, 0.15) is 31.9 Å². The SMILES string of the molecule is C=C(C)CC(OCC)c1ccc(OC)cc1.c1cc2ccc1-2. The molecule has 0 heterocycles. The Balaban J connectivity index is 0.000000238. The van der Waals surface area contributed by atoms with Crippen LogP contribution >= 0.6 is 0 Å². The summed E-state index contributed by atoms with van der Waals surface area (Å²) in [5.41, 5.74) is 5.16. The van der Waals surface area contributed by atoms with Crippen LogP contribution in [0.3, 0.4) is 0 Å². The van der Waals surface area contributed by atoms with Crippen LogP contribution in [0.2, 0.25) is 0 Å². The number of hydrogen-bond acceptors (Lipinski definition) is 2. The molecule has 0 saturated heterocycles. The van der Waals surface area contributed by atoms with Crippen molar-refractivity contribution in [2.24, 2.45) is 0 Å². The van der Waals surface area contributed by atoms with Gasteiger partial charge in [0.25, 0.3) is 0 Å². The number of methoxy groups -OCH3 is 1. The molecule has 0 aliphatic heterocycles. The van der Waals surface area contributed by atoms with Crippen LogP contribution in [-0.4, -0.2) is 13.7 Å². The van der Waals surface area contributed by atoms with Crippen molar-refractivity contribution in [1.82, 2.24) is 0 Å². The molecule has 0 aromatic heterocycles. The van der Waals surface area contributed by atoms with Crippen LogP contribution in [-0.2, 0) is 4.74 Å². The lowest BCUT2D eigenvalue weighted by atomic mass is 9.95. The molecule has 2 aliphatic carbocycles. The highest BCUT2D eigenvalue weighted by molar-refractivity contribution is 5.75. The van der Waals surface area contributed by atoms with Crippen molar-refractivity contribution >= 4 is 0 Å². The van der Waals surface area contributed by atoms with E-state index in [9.17, 15) is 0 Å². The van der Waals surface area contributed by atoms with Crippen molar-refractivity contribution < 1.29 is 9.47 Å². The fourth-order valence-corrected chi connectivity index (χ4v) is 2.27. The predicted molar refractivity (Wildman–Crippen MR) is 92.2 cm³/mol. The molecule has 2 nitrogen and oxygen atoms in total. The van der Waals surface area contributed by atoms with Crippen LogP contribution in [0, 0.1) is 0 Å². The molecule has 2 heteroatoms. The van der Waals surface area contributed by atoms with Crippen LogP contribution in [0.25, 0.3) is 11.1 Å². The summed E-state index contributed by atoms with van der Waals surface area (Å²) in [6, 6.07) is 16.5. The molecule has 116 valence electrons. The second kappa shape index (κ2) is 7.81. The maximum atomic E-state index is 5.71. The highest BCUT2D eigenvalue weighted by atomic mass is 16.5. The van der Waals surface area contributed by atoms with E-state index < -0.39 is 0 Å². The van der Waals surface area contributed by atoms with Crippen molar-refractivity contribution in [2.75, 3.05) is 13.7 Å². The maximum absolute atomic E-state index is 5.71. The molecule has 1 atom stereocenters. The summed E-state index contributed by atoms with van der Waals surface area (Å²) in [5.74, 6) is 0.870. The first-order chi connectivity index (χ1) is 10.6. The van der Waals surface area contributed by atoms with E-state index in [1.165, 1.54) is 16.7 Å². The molecule has 1 aromatic carbocycles. The summed E-state index contributed by atoms with van der Waals surface area (Å²) in [6.45, 7) is 8.68. The summed E-state index contributed by atoms with van der Waals surface area (Å²) < 4.78 is 10.8. The maximum Gasteiger partial charge on any atom is 0.118 e. The van der Waals surface area contributed by atoms with Gasteiger partial charge in [-0.25, -0.2) is 0 Å². The Kier molecular flexibility index (Phi) is 5.79. The van der Waals surface area contributed by atoms with Crippen molar-refractivity contribution in [3.8, 4) is 16.9 Å². The zero-order chi connectivity index (χ0) is 15.9. The van der Waals surface area contributed by atoms with Gasteiger partial charge in [0.1, 0.15) is 5.75 Å². The van der Waals surface area contributed by atoms with Crippen LogP contribution in [0.5, 0.6) is 5.75 Å². The van der Waals surface area contributed by atoms with Crippen LogP contribution in [0.4, 0.5) is 0 Å². The monoisotopic (exact) mass is 296 g/mol. The van der Waals surface area contributed by atoms with E-state index in [1.807, 2.05) is 38.1 Å². The van der Waals surface area contributed by atoms with Gasteiger partial charge in [0.05, 0.1) is 13.2 Å². The third-order valence-corrected chi connectivity index (χ3v) is 3.61. The van der Waals surface area contributed by atoms with E-state index in [2.05, 4.69) is 30.8 Å². The van der Waals surface area contributed by atoms with Gasteiger partial charge in [-0.3, -0.25) is 0 Å². The number of rotatable bonds is 6. The smallest absolute Gasteiger partial charge is 0.118 e. The zero-order valence-corrected chi connectivity index (χ0v) is 13.6. The molecule has 0 fully saturated rings. The highest BCUT2D eigenvalue weighted by Crippen LogP contribution is 2.29. The van der Waals surface area contributed by atoms with Crippen molar-refractivity contribution in [2.45, 2.75) is 26.4 Å². The minimum Gasteiger partial charge on any atom is -0.497 e. The summed E-state index contributed by atoms with van der Waals surface area (Å²) in [6.07, 6.45) is 0.966. The Morgan fingerprint density at radius 1 is 1.00 bits per heavy atom. The molecule has 2 aliphatic rings. The largest absolute Gasteiger partial charge is 0.497 e. The van der Waals surface area contributed by atoms with Crippen LogP contribution < -0.4 is 4.74 Å². The lowest BCUT2D eigenvalue weighted by molar-refractivity contribution is 0.0629. The van der Waals surface area contributed by atoms with Gasteiger partial charge in [-0.05, 0) is 49.1 Å². The predicted octanol–water partition coefficient (Wildman–Crippen LogP) is 5.41. The molecule has 1 aromatic rings. The lowest BCUT2D eigenvalue weighted by Crippen LogP contribution is -2.04. The third-order valence-electron chi connectivity index (χ3n) is 3.61. The topological polar surface area (TPSA) is 18.5 Å². The molecule has 22 heavy (non-hydrogen) atoms. The van der Waals surface area contributed by atoms with E-state index >= 15 is 0 Å². The van der Waals surface area contributed by atoms with Gasteiger partial charge in [0.2, 0.25) is 0 Å². The van der Waals surface area contributed by atoms with Gasteiger partial charge in [0, 0.05) is 6.61 Å². The van der Waals surface area contributed by atoms with Gasteiger partial charge in [0.15, 0.2) is 0 Å².